The maximum Gasteiger partial charge on any atom is 0.254 e. The number of rotatable bonds is 2. The van der Waals surface area contributed by atoms with E-state index in [0.717, 1.165) is 23.0 Å². The second-order valence-corrected chi connectivity index (χ2v) is 16.6. The fourth-order valence-electron chi connectivity index (χ4n) is 11.7. The van der Waals surface area contributed by atoms with Gasteiger partial charge < -0.3 is 9.13 Å². The van der Waals surface area contributed by atoms with E-state index in [2.05, 4.69) is 207 Å². The molecule has 3 aromatic heterocycles. The number of aromatic nitrogens is 3. The number of nitrogens with zero attached hydrogens (tertiary/aromatic N) is 5. The van der Waals surface area contributed by atoms with Crippen LogP contribution in [0.3, 0.4) is 0 Å². The minimum atomic E-state index is -0.0304. The Balaban J connectivity index is 1.11. The molecule has 0 unspecified atom stereocenters. The fraction of sp³-hybridized carbons (Fsp3) is 0. The topological polar surface area (TPSA) is 29.2 Å². The second kappa shape index (κ2) is 11.0. The van der Waals surface area contributed by atoms with Crippen LogP contribution in [0, 0.1) is 0 Å². The summed E-state index contributed by atoms with van der Waals surface area (Å²) in [5.41, 5.74) is 19.8. The van der Waals surface area contributed by atoms with Gasteiger partial charge in [-0.3, -0.25) is 9.80 Å². The fourth-order valence-corrected chi connectivity index (χ4v) is 11.7. The first-order valence-electron chi connectivity index (χ1n) is 20.9. The van der Waals surface area contributed by atoms with Crippen molar-refractivity contribution in [2.75, 3.05) is 9.80 Å². The smallest absolute Gasteiger partial charge is 0.254 e. The molecule has 0 fully saturated rings. The van der Waals surface area contributed by atoms with Crippen LogP contribution in [0.15, 0.2) is 188 Å². The molecule has 60 heavy (non-hydrogen) atoms. The van der Waals surface area contributed by atoms with Gasteiger partial charge in [0.2, 0.25) is 0 Å². The molecule has 7 heteroatoms. The number of benzene rings is 8. The van der Waals surface area contributed by atoms with Crippen LogP contribution in [0.2, 0.25) is 0 Å². The Morgan fingerprint density at radius 2 is 0.733 bits per heavy atom. The van der Waals surface area contributed by atoms with Crippen molar-refractivity contribution < 1.29 is 0 Å². The van der Waals surface area contributed by atoms with E-state index in [0.29, 0.717) is 0 Å². The van der Waals surface area contributed by atoms with Crippen molar-refractivity contribution in [2.24, 2.45) is 0 Å². The lowest BCUT2D eigenvalue weighted by molar-refractivity contribution is 1.12. The number of fused-ring (bicyclic) bond motifs is 14. The zero-order chi connectivity index (χ0) is 38.8. The molecule has 0 aliphatic carbocycles. The van der Waals surface area contributed by atoms with Gasteiger partial charge in [-0.25, -0.2) is 4.98 Å². The van der Waals surface area contributed by atoms with Gasteiger partial charge in [-0.1, -0.05) is 127 Å². The highest BCUT2D eigenvalue weighted by atomic mass is 15.3. The average Bonchev–Trinajstić information content (AvgIpc) is 3.83. The highest BCUT2D eigenvalue weighted by molar-refractivity contribution is 7.03. The van der Waals surface area contributed by atoms with E-state index in [1.54, 1.807) is 0 Å². The summed E-state index contributed by atoms with van der Waals surface area (Å²) < 4.78 is 5.05. The zero-order valence-electron chi connectivity index (χ0n) is 32.3. The minimum absolute atomic E-state index is 0.0304. The van der Waals surface area contributed by atoms with Crippen molar-refractivity contribution in [1.29, 1.82) is 0 Å². The molecule has 4 aliphatic heterocycles. The van der Waals surface area contributed by atoms with E-state index in [1.165, 1.54) is 99.1 Å². The van der Waals surface area contributed by atoms with Crippen LogP contribution < -0.4 is 42.6 Å². The summed E-state index contributed by atoms with van der Waals surface area (Å²) in [6.07, 6.45) is 0. The van der Waals surface area contributed by atoms with Crippen LogP contribution in [0.5, 0.6) is 0 Å². The number of para-hydroxylation sites is 6. The molecule has 0 amide bonds. The first-order valence-corrected chi connectivity index (χ1v) is 20.9. The van der Waals surface area contributed by atoms with Crippen LogP contribution in [-0.4, -0.2) is 27.5 Å². The lowest BCUT2D eigenvalue weighted by atomic mass is 9.31. The maximum absolute atomic E-state index is 6.03. The summed E-state index contributed by atoms with van der Waals surface area (Å²) in [5.74, 6) is 1.94. The molecule has 7 heterocycles. The van der Waals surface area contributed by atoms with Gasteiger partial charge in [0.15, 0.2) is 0 Å². The van der Waals surface area contributed by atoms with E-state index in [1.807, 2.05) is 0 Å². The minimum Gasteiger partial charge on any atom is -0.310 e. The number of pyridine rings is 1. The van der Waals surface area contributed by atoms with Gasteiger partial charge >= 0.3 is 0 Å². The number of anilines is 6. The van der Waals surface area contributed by atoms with Gasteiger partial charge in [0.05, 0.1) is 11.0 Å². The maximum atomic E-state index is 6.03. The highest BCUT2D eigenvalue weighted by Crippen LogP contribution is 2.44. The van der Waals surface area contributed by atoms with Crippen molar-refractivity contribution in [2.45, 2.75) is 0 Å². The Morgan fingerprint density at radius 1 is 0.333 bits per heavy atom. The molecule has 0 radical (unpaired) electrons. The van der Waals surface area contributed by atoms with Crippen LogP contribution in [0.4, 0.5) is 34.4 Å². The summed E-state index contributed by atoms with van der Waals surface area (Å²) in [4.78, 5) is 10.9. The summed E-state index contributed by atoms with van der Waals surface area (Å²) in [6, 6.07) is 69.6. The Hall–Kier alpha value is -7.76. The van der Waals surface area contributed by atoms with E-state index < -0.39 is 0 Å². The third-order valence-corrected chi connectivity index (χ3v) is 13.8. The van der Waals surface area contributed by atoms with Crippen LogP contribution in [0.1, 0.15) is 0 Å². The normalized spacial score (nSPS) is 13.9. The second-order valence-electron chi connectivity index (χ2n) is 16.6. The Labute approximate surface area is 346 Å². The zero-order valence-corrected chi connectivity index (χ0v) is 32.3. The lowest BCUT2D eigenvalue weighted by Crippen LogP contribution is -2.65. The third-order valence-electron chi connectivity index (χ3n) is 13.8. The van der Waals surface area contributed by atoms with Crippen LogP contribution >= 0.6 is 0 Å². The molecule has 0 N–H and O–H groups in total. The molecular weight excluding hydrogens is 728 g/mol. The van der Waals surface area contributed by atoms with Crippen LogP contribution in [0.25, 0.3) is 55.0 Å². The van der Waals surface area contributed by atoms with Crippen molar-refractivity contribution in [3.05, 3.63) is 188 Å². The molecule has 0 atom stereocenters. The van der Waals surface area contributed by atoms with Gasteiger partial charge in [0.25, 0.3) is 13.4 Å². The van der Waals surface area contributed by atoms with E-state index >= 15 is 0 Å². The van der Waals surface area contributed by atoms with Gasteiger partial charge in [-0.05, 0) is 93.4 Å². The summed E-state index contributed by atoms with van der Waals surface area (Å²) in [6.45, 7) is -0.0609. The molecular formula is C53H31B2N5. The quantitative estimate of drug-likeness (QED) is 0.166. The summed E-state index contributed by atoms with van der Waals surface area (Å²) in [5, 5.41) is 5.14. The molecule has 15 rings (SSSR count). The molecule has 0 saturated heterocycles. The molecule has 11 aromatic rings. The summed E-state index contributed by atoms with van der Waals surface area (Å²) >= 11 is 0. The predicted molar refractivity (Wildman–Crippen MR) is 252 cm³/mol. The largest absolute Gasteiger partial charge is 0.310 e. The van der Waals surface area contributed by atoms with Crippen molar-refractivity contribution in [3.63, 3.8) is 0 Å². The summed E-state index contributed by atoms with van der Waals surface area (Å²) in [7, 11) is 0. The molecule has 274 valence electrons. The van der Waals surface area contributed by atoms with Crippen molar-refractivity contribution in [3.8, 4) is 11.4 Å². The molecule has 4 aliphatic rings. The SMILES string of the molecule is c1ccc(N2c3cccc4c3B(c3cc5c(nc32)N(c2ccccc2)c2cccc3c2B5c2cccc5c6ccccc6n-3c25)c2cccc3c5ccccc5n-4c23)cc1. The first-order chi connectivity index (χ1) is 29.8. The Morgan fingerprint density at radius 3 is 1.22 bits per heavy atom. The standard InChI is InChI=1S/C53H31B2N5/c1-3-15-32(16-4-1)57-44-27-13-29-46-48(44)54(38-23-11-21-36-34-19-7-9-25-42(34)59(46)50(36)38)40-31-41-53(56-52(40)57)58(33-17-5-2-6-18-33)45-28-14-30-47-49(45)55(41)39-24-12-22-37-35-20-8-10-26-43(35)60(47)51(37)39/h1-31H. The van der Waals surface area contributed by atoms with E-state index in [-0.39, 0.29) is 13.4 Å². The molecule has 5 nitrogen and oxygen atoms in total. The van der Waals surface area contributed by atoms with E-state index in [9.17, 15) is 0 Å². The third kappa shape index (κ3) is 3.67. The van der Waals surface area contributed by atoms with Gasteiger partial charge in [0.1, 0.15) is 11.6 Å². The average molecular weight is 759 g/mol. The predicted octanol–water partition coefficient (Wildman–Crippen LogP) is 8.50. The molecule has 0 spiro atoms. The molecule has 8 aromatic carbocycles. The highest BCUT2D eigenvalue weighted by Gasteiger charge is 2.47. The van der Waals surface area contributed by atoms with Gasteiger partial charge in [-0.15, -0.1) is 0 Å². The van der Waals surface area contributed by atoms with Crippen molar-refractivity contribution >= 4 is 124 Å². The Kier molecular flexibility index (Phi) is 5.75. The monoisotopic (exact) mass is 759 g/mol. The van der Waals surface area contributed by atoms with Crippen LogP contribution in [-0.2, 0) is 0 Å². The Bertz CT molecular complexity index is 3460. The number of hydrogen-bond acceptors (Lipinski definition) is 3. The van der Waals surface area contributed by atoms with Gasteiger partial charge in [0, 0.05) is 66.7 Å². The van der Waals surface area contributed by atoms with Crippen molar-refractivity contribution in [1.82, 2.24) is 14.1 Å². The van der Waals surface area contributed by atoms with E-state index in [4.69, 9.17) is 4.98 Å². The molecule has 0 bridgehead atoms. The first kappa shape index (κ1) is 31.3. The van der Waals surface area contributed by atoms with Gasteiger partial charge in [-0.2, -0.15) is 0 Å². The number of hydrogen-bond donors (Lipinski definition) is 0. The lowest BCUT2D eigenvalue weighted by Gasteiger charge is -2.43. The molecule has 0 saturated carbocycles.